The fourth-order valence-electron chi connectivity index (χ4n) is 4.91. The van der Waals surface area contributed by atoms with Crippen LogP contribution in [0.5, 0.6) is 11.5 Å². The third kappa shape index (κ3) is 6.70. The second-order valence-corrected chi connectivity index (χ2v) is 9.95. The van der Waals surface area contributed by atoms with Gasteiger partial charge < -0.3 is 20.1 Å². The Hall–Kier alpha value is -4.76. The quantitative estimate of drug-likeness (QED) is 0.305. The van der Waals surface area contributed by atoms with E-state index >= 15 is 0 Å². The summed E-state index contributed by atoms with van der Waals surface area (Å²) in [5, 5.41) is 5.76. The second-order valence-electron chi connectivity index (χ2n) is 9.95. The van der Waals surface area contributed by atoms with Crippen LogP contribution in [-0.4, -0.2) is 54.0 Å². The van der Waals surface area contributed by atoms with E-state index < -0.39 is 5.91 Å². The van der Waals surface area contributed by atoms with Crippen molar-refractivity contribution in [2.75, 3.05) is 37.9 Å². The highest BCUT2D eigenvalue weighted by molar-refractivity contribution is 6.12. The van der Waals surface area contributed by atoms with Crippen LogP contribution in [0.15, 0.2) is 73.1 Å². The number of rotatable bonds is 9. The Morgan fingerprint density at radius 3 is 2.41 bits per heavy atom. The van der Waals surface area contributed by atoms with Crippen molar-refractivity contribution in [3.05, 3.63) is 107 Å². The number of amides is 2. The van der Waals surface area contributed by atoms with Crippen molar-refractivity contribution in [3.63, 3.8) is 0 Å². The van der Waals surface area contributed by atoms with Gasteiger partial charge in [0.1, 0.15) is 5.69 Å². The molecule has 41 heavy (non-hydrogen) atoms. The predicted molar refractivity (Wildman–Crippen MR) is 158 cm³/mol. The minimum absolute atomic E-state index is 0.176. The molecular formula is C32H33N5O4. The van der Waals surface area contributed by atoms with Crippen molar-refractivity contribution in [1.29, 1.82) is 0 Å². The minimum atomic E-state index is -0.433. The van der Waals surface area contributed by atoms with Crippen molar-refractivity contribution in [1.82, 2.24) is 14.9 Å². The summed E-state index contributed by atoms with van der Waals surface area (Å²) in [5.74, 6) is 0.772. The van der Waals surface area contributed by atoms with Gasteiger partial charge in [-0.25, -0.2) is 4.98 Å². The van der Waals surface area contributed by atoms with Gasteiger partial charge in [0, 0.05) is 31.5 Å². The molecule has 1 aliphatic heterocycles. The lowest BCUT2D eigenvalue weighted by Gasteiger charge is -2.29. The van der Waals surface area contributed by atoms with Gasteiger partial charge in [0.2, 0.25) is 0 Å². The van der Waals surface area contributed by atoms with E-state index in [2.05, 4.69) is 43.7 Å². The summed E-state index contributed by atoms with van der Waals surface area (Å²) in [4.78, 5) is 36.5. The Labute approximate surface area is 239 Å². The van der Waals surface area contributed by atoms with E-state index in [1.807, 2.05) is 18.2 Å². The van der Waals surface area contributed by atoms with E-state index in [1.54, 1.807) is 45.4 Å². The number of aryl methyl sites for hydroxylation is 1. The standard InChI is InChI=1S/C32H33N5O4/c1-21-18-34-28(19-33-21)32(39)36-27-10-5-4-9-26(27)31(38)35-25-8-6-7-22(15-25)11-13-37-14-12-23-16-29(40-2)30(41-3)17-24(23)20-37/h4-10,15-19H,11-14,20H2,1-3H3,(H,35,38)(H,36,39). The zero-order chi connectivity index (χ0) is 28.8. The van der Waals surface area contributed by atoms with Crippen molar-refractivity contribution < 1.29 is 19.1 Å². The molecular weight excluding hydrogens is 518 g/mol. The summed E-state index contributed by atoms with van der Waals surface area (Å²) in [6.07, 6.45) is 4.74. The average Bonchev–Trinajstić information content (AvgIpc) is 3.00. The molecule has 0 saturated carbocycles. The van der Waals surface area contributed by atoms with E-state index in [0.29, 0.717) is 22.6 Å². The Balaban J connectivity index is 1.21. The first kappa shape index (κ1) is 27.8. The maximum Gasteiger partial charge on any atom is 0.275 e. The highest BCUT2D eigenvalue weighted by Gasteiger charge is 2.20. The number of hydrogen-bond acceptors (Lipinski definition) is 7. The lowest BCUT2D eigenvalue weighted by molar-refractivity contribution is 0.102. The summed E-state index contributed by atoms with van der Waals surface area (Å²) in [6.45, 7) is 4.51. The highest BCUT2D eigenvalue weighted by Crippen LogP contribution is 2.33. The normalized spacial score (nSPS) is 12.8. The second kappa shape index (κ2) is 12.6. The first-order valence-electron chi connectivity index (χ1n) is 13.5. The molecule has 1 aromatic heterocycles. The van der Waals surface area contributed by atoms with Gasteiger partial charge in [-0.05, 0) is 72.9 Å². The van der Waals surface area contributed by atoms with Gasteiger partial charge in [-0.15, -0.1) is 0 Å². The van der Waals surface area contributed by atoms with Gasteiger partial charge in [-0.1, -0.05) is 24.3 Å². The van der Waals surface area contributed by atoms with E-state index in [4.69, 9.17) is 9.47 Å². The van der Waals surface area contributed by atoms with Gasteiger partial charge in [0.05, 0.1) is 37.4 Å². The zero-order valence-electron chi connectivity index (χ0n) is 23.4. The third-order valence-electron chi connectivity index (χ3n) is 7.13. The summed E-state index contributed by atoms with van der Waals surface area (Å²) < 4.78 is 10.9. The smallest absolute Gasteiger partial charge is 0.275 e. The van der Waals surface area contributed by atoms with Gasteiger partial charge in [0.15, 0.2) is 11.5 Å². The SMILES string of the molecule is COc1cc2c(cc1OC)CN(CCc1cccc(NC(=O)c3ccccc3NC(=O)c3cnc(C)cn3)c1)CC2. The number of methoxy groups -OCH3 is 2. The minimum Gasteiger partial charge on any atom is -0.493 e. The van der Waals surface area contributed by atoms with E-state index in [9.17, 15) is 9.59 Å². The van der Waals surface area contributed by atoms with Crippen molar-refractivity contribution >= 4 is 23.2 Å². The van der Waals surface area contributed by atoms with Gasteiger partial charge in [-0.3, -0.25) is 19.5 Å². The number of ether oxygens (including phenoxy) is 2. The van der Waals surface area contributed by atoms with E-state index in [0.717, 1.165) is 49.5 Å². The number of carbonyl (C=O) groups is 2. The number of fused-ring (bicyclic) bond motifs is 1. The number of benzene rings is 3. The first-order valence-corrected chi connectivity index (χ1v) is 13.5. The van der Waals surface area contributed by atoms with Crippen LogP contribution in [0.3, 0.4) is 0 Å². The van der Waals surface area contributed by atoms with E-state index in [-0.39, 0.29) is 11.6 Å². The molecule has 210 valence electrons. The molecule has 9 nitrogen and oxygen atoms in total. The largest absolute Gasteiger partial charge is 0.493 e. The van der Waals surface area contributed by atoms with Gasteiger partial charge >= 0.3 is 0 Å². The molecule has 0 atom stereocenters. The lowest BCUT2D eigenvalue weighted by Crippen LogP contribution is -2.32. The van der Waals surface area contributed by atoms with Crippen molar-refractivity contribution in [3.8, 4) is 11.5 Å². The molecule has 0 spiro atoms. The molecule has 0 bridgehead atoms. The third-order valence-corrected chi connectivity index (χ3v) is 7.13. The molecule has 4 aromatic rings. The van der Waals surface area contributed by atoms with Crippen LogP contribution < -0.4 is 20.1 Å². The Bertz CT molecular complexity index is 1550. The first-order chi connectivity index (χ1) is 19.9. The van der Waals surface area contributed by atoms with Crippen LogP contribution in [0.1, 0.15) is 43.2 Å². The number of nitrogens with zero attached hydrogens (tertiary/aromatic N) is 3. The van der Waals surface area contributed by atoms with Crippen LogP contribution >= 0.6 is 0 Å². The molecule has 0 unspecified atom stereocenters. The average molecular weight is 552 g/mol. The maximum absolute atomic E-state index is 13.2. The molecule has 2 heterocycles. The lowest BCUT2D eigenvalue weighted by atomic mass is 9.98. The van der Waals surface area contributed by atoms with Crippen LogP contribution in [0.2, 0.25) is 0 Å². The maximum atomic E-state index is 13.2. The molecule has 1 aliphatic rings. The summed E-state index contributed by atoms with van der Waals surface area (Å²) >= 11 is 0. The number of anilines is 2. The van der Waals surface area contributed by atoms with Crippen molar-refractivity contribution in [2.24, 2.45) is 0 Å². The number of para-hydroxylation sites is 1. The molecule has 2 N–H and O–H groups in total. The number of aromatic nitrogens is 2. The molecule has 0 radical (unpaired) electrons. The van der Waals surface area contributed by atoms with Gasteiger partial charge in [-0.2, -0.15) is 0 Å². The van der Waals surface area contributed by atoms with Crippen molar-refractivity contribution in [2.45, 2.75) is 26.3 Å². The molecule has 5 rings (SSSR count). The molecule has 9 heteroatoms. The monoisotopic (exact) mass is 551 g/mol. The van der Waals surface area contributed by atoms with E-state index in [1.165, 1.54) is 23.5 Å². The number of hydrogen-bond donors (Lipinski definition) is 2. The fourth-order valence-corrected chi connectivity index (χ4v) is 4.91. The predicted octanol–water partition coefficient (Wildman–Crippen LogP) is 4.91. The number of carbonyl (C=O) groups excluding carboxylic acids is 2. The van der Waals surface area contributed by atoms with Gasteiger partial charge in [0.25, 0.3) is 11.8 Å². The summed E-state index contributed by atoms with van der Waals surface area (Å²) in [7, 11) is 3.32. The van der Waals surface area contributed by atoms with Crippen LogP contribution in [-0.2, 0) is 19.4 Å². The Morgan fingerprint density at radius 2 is 1.66 bits per heavy atom. The molecule has 2 amide bonds. The number of nitrogens with one attached hydrogen (secondary N) is 2. The highest BCUT2D eigenvalue weighted by atomic mass is 16.5. The fraction of sp³-hybridized carbons (Fsp3) is 0.250. The Kier molecular flexibility index (Phi) is 8.55. The summed E-state index contributed by atoms with van der Waals surface area (Å²) in [5.41, 5.74) is 6.01. The van der Waals surface area contributed by atoms with Crippen LogP contribution in [0, 0.1) is 6.92 Å². The molecule has 0 aliphatic carbocycles. The summed E-state index contributed by atoms with van der Waals surface area (Å²) in [6, 6.07) is 18.9. The zero-order valence-corrected chi connectivity index (χ0v) is 23.4. The van der Waals surface area contributed by atoms with Crippen LogP contribution in [0.25, 0.3) is 0 Å². The van der Waals surface area contributed by atoms with Crippen LogP contribution in [0.4, 0.5) is 11.4 Å². The molecule has 3 aromatic carbocycles. The Morgan fingerprint density at radius 1 is 0.878 bits per heavy atom. The molecule has 0 saturated heterocycles. The topological polar surface area (TPSA) is 106 Å². The molecule has 0 fully saturated rings.